The van der Waals surface area contributed by atoms with E-state index in [1.165, 1.54) is 12.1 Å². The lowest BCUT2D eigenvalue weighted by molar-refractivity contribution is -0.122. The fraction of sp³-hybridized carbons (Fsp3) is 0.350. The second-order valence-corrected chi connectivity index (χ2v) is 5.98. The molecule has 2 unspecified atom stereocenters. The first-order valence-electron chi connectivity index (χ1n) is 7.95. The van der Waals surface area contributed by atoms with Gasteiger partial charge in [0.2, 0.25) is 0 Å². The largest absolute Gasteiger partial charge is 0.374 e. The number of ether oxygens (including phenoxy) is 1. The van der Waals surface area contributed by atoms with E-state index in [9.17, 15) is 9.18 Å². The average molecular weight is 314 g/mol. The van der Waals surface area contributed by atoms with Crippen molar-refractivity contribution < 1.29 is 13.9 Å². The van der Waals surface area contributed by atoms with Gasteiger partial charge in [0.15, 0.2) is 0 Å². The SMILES string of the molecule is CC(=O)C(Cc1ccc(F)cc1)CC(C)OCc1ccccc1. The minimum Gasteiger partial charge on any atom is -0.374 e. The number of Topliss-reactive ketones (excluding diaryl/α,β-unsaturated/α-hetero) is 1. The summed E-state index contributed by atoms with van der Waals surface area (Å²) in [5, 5.41) is 0. The van der Waals surface area contributed by atoms with E-state index in [2.05, 4.69) is 0 Å². The fourth-order valence-corrected chi connectivity index (χ4v) is 2.58. The Balaban J connectivity index is 1.88. The van der Waals surface area contributed by atoms with Crippen LogP contribution in [0, 0.1) is 11.7 Å². The van der Waals surface area contributed by atoms with Gasteiger partial charge in [-0.15, -0.1) is 0 Å². The van der Waals surface area contributed by atoms with Crippen LogP contribution in [0.5, 0.6) is 0 Å². The maximum Gasteiger partial charge on any atom is 0.133 e. The molecule has 2 atom stereocenters. The molecule has 0 heterocycles. The Bertz CT molecular complexity index is 607. The molecule has 2 aromatic rings. The summed E-state index contributed by atoms with van der Waals surface area (Å²) in [4.78, 5) is 11.9. The summed E-state index contributed by atoms with van der Waals surface area (Å²) in [5.41, 5.74) is 2.10. The lowest BCUT2D eigenvalue weighted by Gasteiger charge is -2.19. The fourth-order valence-electron chi connectivity index (χ4n) is 2.58. The highest BCUT2D eigenvalue weighted by molar-refractivity contribution is 5.78. The molecule has 0 aromatic heterocycles. The molecule has 2 rings (SSSR count). The molecule has 0 amide bonds. The van der Waals surface area contributed by atoms with Crippen molar-refractivity contribution in [3.63, 3.8) is 0 Å². The van der Waals surface area contributed by atoms with Crippen LogP contribution in [0.25, 0.3) is 0 Å². The van der Waals surface area contributed by atoms with Gasteiger partial charge in [-0.1, -0.05) is 42.5 Å². The molecule has 23 heavy (non-hydrogen) atoms. The molecular formula is C20H23FO2. The van der Waals surface area contributed by atoms with Crippen LogP contribution in [0.1, 0.15) is 31.4 Å². The topological polar surface area (TPSA) is 26.3 Å². The molecule has 0 N–H and O–H groups in total. The Morgan fingerprint density at radius 1 is 1.04 bits per heavy atom. The van der Waals surface area contributed by atoms with Crippen LogP contribution < -0.4 is 0 Å². The number of benzene rings is 2. The van der Waals surface area contributed by atoms with Gasteiger partial charge in [-0.25, -0.2) is 4.39 Å². The second kappa shape index (κ2) is 8.59. The zero-order valence-corrected chi connectivity index (χ0v) is 13.7. The number of hydrogen-bond acceptors (Lipinski definition) is 2. The number of carbonyl (C=O) groups excluding carboxylic acids is 1. The van der Waals surface area contributed by atoms with Crippen LogP contribution in [0.4, 0.5) is 4.39 Å². The van der Waals surface area contributed by atoms with Gasteiger partial charge < -0.3 is 4.74 Å². The van der Waals surface area contributed by atoms with Crippen LogP contribution in [0.2, 0.25) is 0 Å². The normalized spacial score (nSPS) is 13.5. The van der Waals surface area contributed by atoms with Crippen molar-refractivity contribution in [3.8, 4) is 0 Å². The second-order valence-electron chi connectivity index (χ2n) is 5.98. The van der Waals surface area contributed by atoms with Crippen molar-refractivity contribution in [1.29, 1.82) is 0 Å². The average Bonchev–Trinajstić information content (AvgIpc) is 2.55. The van der Waals surface area contributed by atoms with Crippen LogP contribution >= 0.6 is 0 Å². The maximum absolute atomic E-state index is 13.0. The van der Waals surface area contributed by atoms with Crippen molar-refractivity contribution in [3.05, 3.63) is 71.5 Å². The first kappa shape index (κ1) is 17.4. The minimum absolute atomic E-state index is 0.00967. The molecule has 0 bridgehead atoms. The number of ketones is 1. The Morgan fingerprint density at radius 3 is 2.30 bits per heavy atom. The Labute approximate surface area is 137 Å². The molecule has 3 heteroatoms. The molecule has 0 aliphatic carbocycles. The molecule has 0 saturated heterocycles. The van der Waals surface area contributed by atoms with Gasteiger partial charge in [0.1, 0.15) is 11.6 Å². The maximum atomic E-state index is 13.0. The standard InChI is InChI=1S/C20H23FO2/c1-15(23-14-18-6-4-3-5-7-18)12-19(16(2)22)13-17-8-10-20(21)11-9-17/h3-11,15,19H,12-14H2,1-2H3. The van der Waals surface area contributed by atoms with Gasteiger partial charge in [0, 0.05) is 5.92 Å². The third-order valence-electron chi connectivity index (χ3n) is 3.96. The molecule has 0 aliphatic heterocycles. The Hall–Kier alpha value is -2.00. The van der Waals surface area contributed by atoms with Crippen molar-refractivity contribution in [1.82, 2.24) is 0 Å². The smallest absolute Gasteiger partial charge is 0.133 e. The summed E-state index contributed by atoms with van der Waals surface area (Å²) >= 11 is 0. The van der Waals surface area contributed by atoms with Crippen molar-refractivity contribution in [2.45, 2.75) is 39.4 Å². The van der Waals surface area contributed by atoms with Gasteiger partial charge in [-0.05, 0) is 49.9 Å². The van der Waals surface area contributed by atoms with E-state index in [1.54, 1.807) is 19.1 Å². The highest BCUT2D eigenvalue weighted by Crippen LogP contribution is 2.18. The summed E-state index contributed by atoms with van der Waals surface area (Å²) in [6.07, 6.45) is 1.28. The molecule has 0 aliphatic rings. The number of carbonyl (C=O) groups is 1. The van der Waals surface area contributed by atoms with E-state index in [0.717, 1.165) is 11.1 Å². The quantitative estimate of drug-likeness (QED) is 0.713. The minimum atomic E-state index is -0.257. The molecule has 2 nitrogen and oxygen atoms in total. The molecule has 0 saturated carbocycles. The Morgan fingerprint density at radius 2 is 1.70 bits per heavy atom. The molecule has 2 aromatic carbocycles. The zero-order chi connectivity index (χ0) is 16.7. The summed E-state index contributed by atoms with van der Waals surface area (Å²) in [6, 6.07) is 16.3. The molecule has 0 radical (unpaired) electrons. The van der Waals surface area contributed by atoms with Crippen LogP contribution in [0.15, 0.2) is 54.6 Å². The zero-order valence-electron chi connectivity index (χ0n) is 13.7. The van der Waals surface area contributed by atoms with E-state index in [4.69, 9.17) is 4.74 Å². The Kier molecular flexibility index (Phi) is 6.48. The molecule has 122 valence electrons. The van der Waals surface area contributed by atoms with Crippen molar-refractivity contribution in [2.75, 3.05) is 0 Å². The van der Waals surface area contributed by atoms with E-state index >= 15 is 0 Å². The summed E-state index contributed by atoms with van der Waals surface area (Å²) in [7, 11) is 0. The highest BCUT2D eigenvalue weighted by Gasteiger charge is 2.19. The number of halogens is 1. The molecule has 0 spiro atoms. The first-order chi connectivity index (χ1) is 11.0. The predicted octanol–water partition coefficient (Wildman–Crippen LogP) is 4.57. The monoisotopic (exact) mass is 314 g/mol. The predicted molar refractivity (Wildman–Crippen MR) is 89.6 cm³/mol. The summed E-state index contributed by atoms with van der Waals surface area (Å²) in [5.74, 6) is -0.219. The van der Waals surface area contributed by atoms with Crippen LogP contribution in [-0.4, -0.2) is 11.9 Å². The first-order valence-corrected chi connectivity index (χ1v) is 7.95. The van der Waals surface area contributed by atoms with Gasteiger partial charge in [-0.3, -0.25) is 4.79 Å². The number of rotatable bonds is 8. The number of hydrogen-bond donors (Lipinski definition) is 0. The van der Waals surface area contributed by atoms with E-state index in [-0.39, 0.29) is 23.6 Å². The van der Waals surface area contributed by atoms with Crippen molar-refractivity contribution >= 4 is 5.78 Å². The van der Waals surface area contributed by atoms with Gasteiger partial charge in [0.05, 0.1) is 12.7 Å². The van der Waals surface area contributed by atoms with E-state index in [0.29, 0.717) is 19.4 Å². The van der Waals surface area contributed by atoms with Gasteiger partial charge in [0.25, 0.3) is 0 Å². The van der Waals surface area contributed by atoms with Gasteiger partial charge >= 0.3 is 0 Å². The summed E-state index contributed by atoms with van der Waals surface area (Å²) < 4.78 is 18.8. The molecular weight excluding hydrogens is 291 g/mol. The third-order valence-corrected chi connectivity index (χ3v) is 3.96. The van der Waals surface area contributed by atoms with Crippen molar-refractivity contribution in [2.24, 2.45) is 5.92 Å². The van der Waals surface area contributed by atoms with E-state index in [1.807, 2.05) is 37.3 Å². The lowest BCUT2D eigenvalue weighted by Crippen LogP contribution is -2.21. The van der Waals surface area contributed by atoms with Crippen LogP contribution in [-0.2, 0) is 22.6 Å². The molecule has 0 fully saturated rings. The summed E-state index contributed by atoms with van der Waals surface area (Å²) in [6.45, 7) is 4.14. The van der Waals surface area contributed by atoms with E-state index < -0.39 is 0 Å². The van der Waals surface area contributed by atoms with Gasteiger partial charge in [-0.2, -0.15) is 0 Å². The highest BCUT2D eigenvalue weighted by atomic mass is 19.1. The van der Waals surface area contributed by atoms with Crippen LogP contribution in [0.3, 0.4) is 0 Å². The third kappa shape index (κ3) is 5.95. The lowest BCUT2D eigenvalue weighted by atomic mass is 9.91.